The number of halogens is 1. The largest absolute Gasteiger partial charge is 0.494 e. The highest BCUT2D eigenvalue weighted by Crippen LogP contribution is 2.30. The molecule has 1 unspecified atom stereocenters. The van der Waals surface area contributed by atoms with Crippen molar-refractivity contribution in [1.29, 1.82) is 0 Å². The first kappa shape index (κ1) is 12.1. The minimum Gasteiger partial charge on any atom is -0.494 e. The summed E-state index contributed by atoms with van der Waals surface area (Å²) < 4.78 is 10.6. The van der Waals surface area contributed by atoms with Crippen molar-refractivity contribution in [2.24, 2.45) is 0 Å². The van der Waals surface area contributed by atoms with E-state index in [-0.39, 0.29) is 5.38 Å². The Morgan fingerprint density at radius 2 is 1.94 bits per heavy atom. The zero-order chi connectivity index (χ0) is 12.3. The van der Waals surface area contributed by atoms with Crippen LogP contribution in [0.15, 0.2) is 41.0 Å². The van der Waals surface area contributed by atoms with E-state index in [1.807, 2.05) is 44.2 Å². The second-order valence-electron chi connectivity index (χ2n) is 3.86. The Morgan fingerprint density at radius 1 is 1.24 bits per heavy atom. The number of aryl methyl sites for hydroxylation is 1. The molecule has 0 aliphatic carbocycles. The molecular weight excluding hydrogens is 236 g/mol. The summed E-state index contributed by atoms with van der Waals surface area (Å²) in [4.78, 5) is 0. The predicted octanol–water partition coefficient (Wildman–Crippen LogP) is 4.31. The van der Waals surface area contributed by atoms with Crippen LogP contribution in [0.2, 0.25) is 0 Å². The molecule has 0 bridgehead atoms. The first-order chi connectivity index (χ1) is 8.20. The Bertz CT molecular complexity index is 473. The van der Waals surface area contributed by atoms with E-state index in [4.69, 9.17) is 20.8 Å². The number of furan rings is 1. The molecule has 0 N–H and O–H groups in total. The van der Waals surface area contributed by atoms with Crippen LogP contribution < -0.4 is 4.74 Å². The second-order valence-corrected chi connectivity index (χ2v) is 4.29. The van der Waals surface area contributed by atoms with Gasteiger partial charge in [0, 0.05) is 5.56 Å². The maximum absolute atomic E-state index is 6.37. The number of ether oxygens (including phenoxy) is 1. The molecule has 0 saturated heterocycles. The van der Waals surface area contributed by atoms with Crippen LogP contribution in [0.4, 0.5) is 0 Å². The highest BCUT2D eigenvalue weighted by Gasteiger charge is 2.12. The SMILES string of the molecule is CCOc1ccc(C(Cl)c2coc(C)c2)cc1. The zero-order valence-electron chi connectivity index (χ0n) is 9.94. The number of hydrogen-bond donors (Lipinski definition) is 0. The molecule has 17 heavy (non-hydrogen) atoms. The van der Waals surface area contributed by atoms with Crippen molar-refractivity contribution >= 4 is 11.6 Å². The fourth-order valence-electron chi connectivity index (χ4n) is 1.69. The molecule has 0 aliphatic heterocycles. The molecule has 0 amide bonds. The monoisotopic (exact) mass is 250 g/mol. The molecule has 1 aromatic carbocycles. The molecule has 2 nitrogen and oxygen atoms in total. The number of benzene rings is 1. The van der Waals surface area contributed by atoms with Gasteiger partial charge in [-0.25, -0.2) is 0 Å². The Morgan fingerprint density at radius 3 is 2.47 bits per heavy atom. The van der Waals surface area contributed by atoms with E-state index in [2.05, 4.69) is 0 Å². The van der Waals surface area contributed by atoms with Crippen LogP contribution in [0.3, 0.4) is 0 Å². The summed E-state index contributed by atoms with van der Waals surface area (Å²) in [7, 11) is 0. The molecule has 2 aromatic rings. The highest BCUT2D eigenvalue weighted by molar-refractivity contribution is 6.22. The lowest BCUT2D eigenvalue weighted by Crippen LogP contribution is -1.94. The molecule has 0 fully saturated rings. The van der Waals surface area contributed by atoms with Gasteiger partial charge in [0.1, 0.15) is 11.5 Å². The summed E-state index contributed by atoms with van der Waals surface area (Å²) >= 11 is 6.37. The van der Waals surface area contributed by atoms with Crippen LogP contribution in [-0.2, 0) is 0 Å². The van der Waals surface area contributed by atoms with Gasteiger partial charge in [-0.05, 0) is 37.6 Å². The molecule has 0 saturated carbocycles. The summed E-state index contributed by atoms with van der Waals surface area (Å²) in [5.74, 6) is 1.74. The number of alkyl halides is 1. The molecule has 90 valence electrons. The van der Waals surface area contributed by atoms with Crippen LogP contribution in [0.5, 0.6) is 5.75 Å². The van der Waals surface area contributed by atoms with Gasteiger partial charge in [0.05, 0.1) is 18.2 Å². The fraction of sp³-hybridized carbons (Fsp3) is 0.286. The smallest absolute Gasteiger partial charge is 0.119 e. The average Bonchev–Trinajstić information content (AvgIpc) is 2.76. The lowest BCUT2D eigenvalue weighted by Gasteiger charge is -2.08. The van der Waals surface area contributed by atoms with Crippen LogP contribution in [-0.4, -0.2) is 6.61 Å². The zero-order valence-corrected chi connectivity index (χ0v) is 10.7. The molecule has 0 spiro atoms. The molecule has 1 atom stereocenters. The third kappa shape index (κ3) is 2.83. The first-order valence-corrected chi connectivity index (χ1v) is 6.06. The van der Waals surface area contributed by atoms with Crippen LogP contribution >= 0.6 is 11.6 Å². The molecule has 2 rings (SSSR count). The molecular formula is C14H15ClO2. The highest BCUT2D eigenvalue weighted by atomic mass is 35.5. The van der Waals surface area contributed by atoms with E-state index in [1.165, 1.54) is 0 Å². The summed E-state index contributed by atoms with van der Waals surface area (Å²) in [6.07, 6.45) is 1.70. The summed E-state index contributed by atoms with van der Waals surface area (Å²) in [5.41, 5.74) is 2.02. The van der Waals surface area contributed by atoms with Gasteiger partial charge in [0.25, 0.3) is 0 Å². The van der Waals surface area contributed by atoms with Crippen LogP contribution in [0.25, 0.3) is 0 Å². The quantitative estimate of drug-likeness (QED) is 0.755. The average molecular weight is 251 g/mol. The standard InChI is InChI=1S/C14H15ClO2/c1-3-16-13-6-4-11(5-7-13)14(15)12-8-10(2)17-9-12/h4-9,14H,3H2,1-2H3. The van der Waals surface area contributed by atoms with Crippen LogP contribution in [0.1, 0.15) is 29.2 Å². The van der Waals surface area contributed by atoms with E-state index in [9.17, 15) is 0 Å². The minimum atomic E-state index is -0.178. The van der Waals surface area contributed by atoms with Crippen molar-refractivity contribution in [3.8, 4) is 5.75 Å². The Balaban J connectivity index is 2.16. The van der Waals surface area contributed by atoms with Gasteiger partial charge in [0.2, 0.25) is 0 Å². The first-order valence-electron chi connectivity index (χ1n) is 5.62. The number of hydrogen-bond acceptors (Lipinski definition) is 2. The summed E-state index contributed by atoms with van der Waals surface area (Å²) in [5, 5.41) is -0.178. The van der Waals surface area contributed by atoms with E-state index >= 15 is 0 Å². The van der Waals surface area contributed by atoms with Gasteiger partial charge in [0.15, 0.2) is 0 Å². The normalized spacial score (nSPS) is 12.4. The third-order valence-electron chi connectivity index (χ3n) is 2.53. The van der Waals surface area contributed by atoms with Gasteiger partial charge in [-0.1, -0.05) is 12.1 Å². The molecule has 3 heteroatoms. The maximum atomic E-state index is 6.37. The van der Waals surface area contributed by atoms with Gasteiger partial charge in [-0.2, -0.15) is 0 Å². The van der Waals surface area contributed by atoms with Crippen molar-refractivity contribution in [1.82, 2.24) is 0 Å². The van der Waals surface area contributed by atoms with E-state index in [1.54, 1.807) is 6.26 Å². The molecule has 0 aliphatic rings. The lowest BCUT2D eigenvalue weighted by atomic mass is 10.1. The Kier molecular flexibility index (Phi) is 3.75. The van der Waals surface area contributed by atoms with Gasteiger partial charge in [-0.3, -0.25) is 0 Å². The second kappa shape index (κ2) is 5.28. The Hall–Kier alpha value is -1.41. The van der Waals surface area contributed by atoms with Gasteiger partial charge >= 0.3 is 0 Å². The minimum absolute atomic E-state index is 0.178. The topological polar surface area (TPSA) is 22.4 Å². The number of rotatable bonds is 4. The van der Waals surface area contributed by atoms with E-state index in [0.717, 1.165) is 22.6 Å². The van der Waals surface area contributed by atoms with Crippen molar-refractivity contribution in [2.75, 3.05) is 6.61 Å². The molecule has 0 radical (unpaired) electrons. The van der Waals surface area contributed by atoms with Crippen LogP contribution in [0, 0.1) is 6.92 Å². The van der Waals surface area contributed by atoms with Gasteiger partial charge < -0.3 is 9.15 Å². The van der Waals surface area contributed by atoms with Crippen molar-refractivity contribution in [3.63, 3.8) is 0 Å². The Labute approximate surface area is 106 Å². The maximum Gasteiger partial charge on any atom is 0.119 e. The fourth-order valence-corrected chi connectivity index (χ4v) is 1.95. The summed E-state index contributed by atoms with van der Waals surface area (Å²) in [6, 6.07) is 9.77. The van der Waals surface area contributed by atoms with Crippen molar-refractivity contribution in [3.05, 3.63) is 53.5 Å². The van der Waals surface area contributed by atoms with E-state index in [0.29, 0.717) is 6.61 Å². The predicted molar refractivity (Wildman–Crippen MR) is 68.8 cm³/mol. The molecule has 1 aromatic heterocycles. The van der Waals surface area contributed by atoms with E-state index < -0.39 is 0 Å². The van der Waals surface area contributed by atoms with Gasteiger partial charge in [-0.15, -0.1) is 11.6 Å². The third-order valence-corrected chi connectivity index (χ3v) is 3.03. The molecule has 1 heterocycles. The van der Waals surface area contributed by atoms with Crippen molar-refractivity contribution < 1.29 is 9.15 Å². The summed E-state index contributed by atoms with van der Waals surface area (Å²) in [6.45, 7) is 4.54. The lowest BCUT2D eigenvalue weighted by molar-refractivity contribution is 0.340. The van der Waals surface area contributed by atoms with Crippen molar-refractivity contribution in [2.45, 2.75) is 19.2 Å².